The number of carboxylic acids is 1. The molecule has 2 amide bonds. The molecule has 25 heavy (non-hydrogen) atoms. The van der Waals surface area contributed by atoms with Crippen LogP contribution in [-0.2, 0) is 14.4 Å². The Hall–Kier alpha value is -2.40. The molecule has 1 aliphatic rings. The van der Waals surface area contributed by atoms with Gasteiger partial charge in [-0.05, 0) is 25.7 Å². The van der Waals surface area contributed by atoms with E-state index in [0.29, 0.717) is 25.8 Å². The van der Waals surface area contributed by atoms with Gasteiger partial charge in [-0.25, -0.2) is 4.79 Å². The molecule has 11 heteroatoms. The third-order valence-electron chi connectivity index (χ3n) is 3.91. The van der Waals surface area contributed by atoms with E-state index in [9.17, 15) is 19.5 Å². The number of rotatable bonds is 9. The largest absolute Gasteiger partial charge is 0.480 e. The number of nitrogens with two attached hydrogens (primary N) is 3. The summed E-state index contributed by atoms with van der Waals surface area (Å²) in [7, 11) is 0. The highest BCUT2D eigenvalue weighted by Gasteiger charge is 2.37. The summed E-state index contributed by atoms with van der Waals surface area (Å²) in [5, 5.41) is 20.6. The van der Waals surface area contributed by atoms with E-state index in [0.717, 1.165) is 0 Å². The van der Waals surface area contributed by atoms with Gasteiger partial charge < -0.3 is 37.6 Å². The number of carbonyl (C=O) groups excluding carboxylic acids is 2. The zero-order valence-corrected chi connectivity index (χ0v) is 13.9. The zero-order chi connectivity index (χ0) is 19.0. The highest BCUT2D eigenvalue weighted by Crippen LogP contribution is 2.19. The third-order valence-corrected chi connectivity index (χ3v) is 3.91. The van der Waals surface area contributed by atoms with Crippen LogP contribution >= 0.6 is 0 Å². The first kappa shape index (κ1) is 20.6. The molecule has 1 rings (SSSR count). The third kappa shape index (κ3) is 6.19. The Kier molecular flexibility index (Phi) is 8.08. The molecule has 11 nitrogen and oxygen atoms in total. The minimum Gasteiger partial charge on any atom is -0.480 e. The summed E-state index contributed by atoms with van der Waals surface area (Å²) in [6, 6.07) is -3.03. The topological polar surface area (TPSA) is 197 Å². The van der Waals surface area contributed by atoms with Crippen LogP contribution in [0.25, 0.3) is 0 Å². The maximum absolute atomic E-state index is 12.7. The second kappa shape index (κ2) is 9.79. The van der Waals surface area contributed by atoms with E-state index in [4.69, 9.17) is 22.3 Å². The van der Waals surface area contributed by atoms with Crippen molar-refractivity contribution in [1.29, 1.82) is 0 Å². The second-order valence-corrected chi connectivity index (χ2v) is 5.83. The number of amides is 2. The van der Waals surface area contributed by atoms with Gasteiger partial charge in [0.15, 0.2) is 5.96 Å². The predicted octanol–water partition coefficient (Wildman–Crippen LogP) is -3.08. The van der Waals surface area contributed by atoms with E-state index in [-0.39, 0.29) is 18.9 Å². The number of nitrogens with zero attached hydrogens (tertiary/aromatic N) is 2. The van der Waals surface area contributed by atoms with Gasteiger partial charge in [0.1, 0.15) is 18.1 Å². The summed E-state index contributed by atoms with van der Waals surface area (Å²) >= 11 is 0. The van der Waals surface area contributed by atoms with E-state index in [1.807, 2.05) is 0 Å². The minimum absolute atomic E-state index is 0.0836. The van der Waals surface area contributed by atoms with Gasteiger partial charge in [-0.2, -0.15) is 0 Å². The number of aliphatic imine (C=N–C) groups is 1. The van der Waals surface area contributed by atoms with Crippen molar-refractivity contribution in [1.82, 2.24) is 10.2 Å². The number of nitrogens with one attached hydrogen (secondary N) is 1. The van der Waals surface area contributed by atoms with Crippen LogP contribution < -0.4 is 22.5 Å². The molecule has 1 fully saturated rings. The maximum Gasteiger partial charge on any atom is 0.326 e. The SMILES string of the molecule is NC(N)=NCCCC(NC(=O)C(N)CO)C(=O)N1CCCC1C(=O)O. The van der Waals surface area contributed by atoms with Crippen molar-refractivity contribution in [3.63, 3.8) is 0 Å². The molecule has 9 N–H and O–H groups in total. The number of hydrogen-bond donors (Lipinski definition) is 6. The standard InChI is InChI=1S/C14H26N6O5/c15-8(7-21)11(22)19-9(3-1-5-18-14(16)17)12(23)20-6-2-4-10(20)13(24)25/h8-10,21H,1-7,15H2,(H,19,22)(H,24,25)(H4,16,17,18). The number of carboxylic acid groups (broad SMARTS) is 1. The highest BCUT2D eigenvalue weighted by molar-refractivity contribution is 5.92. The fourth-order valence-corrected chi connectivity index (χ4v) is 2.61. The van der Waals surface area contributed by atoms with E-state index in [1.165, 1.54) is 4.90 Å². The molecule has 3 atom stereocenters. The van der Waals surface area contributed by atoms with Gasteiger partial charge in [0.2, 0.25) is 11.8 Å². The monoisotopic (exact) mass is 358 g/mol. The predicted molar refractivity (Wildman–Crippen MR) is 89.3 cm³/mol. The molecule has 3 unspecified atom stereocenters. The molecule has 0 saturated carbocycles. The van der Waals surface area contributed by atoms with Gasteiger partial charge in [0, 0.05) is 13.1 Å². The molecule has 0 aliphatic carbocycles. The van der Waals surface area contributed by atoms with Crippen molar-refractivity contribution < 1.29 is 24.6 Å². The van der Waals surface area contributed by atoms with Crippen LogP contribution in [-0.4, -0.2) is 76.7 Å². The first-order chi connectivity index (χ1) is 11.8. The van der Waals surface area contributed by atoms with Crippen LogP contribution in [0.5, 0.6) is 0 Å². The summed E-state index contributed by atoms with van der Waals surface area (Å²) in [5.41, 5.74) is 15.9. The van der Waals surface area contributed by atoms with Crippen LogP contribution in [0.3, 0.4) is 0 Å². The van der Waals surface area contributed by atoms with Crippen LogP contribution in [0.15, 0.2) is 4.99 Å². The Bertz CT molecular complexity index is 522. The van der Waals surface area contributed by atoms with Crippen LogP contribution in [0.1, 0.15) is 25.7 Å². The Morgan fingerprint density at radius 2 is 2.00 bits per heavy atom. The zero-order valence-electron chi connectivity index (χ0n) is 13.9. The van der Waals surface area contributed by atoms with Crippen LogP contribution in [0.4, 0.5) is 0 Å². The average molecular weight is 358 g/mol. The van der Waals surface area contributed by atoms with Gasteiger partial charge in [-0.1, -0.05) is 0 Å². The van der Waals surface area contributed by atoms with Crippen molar-refractivity contribution >= 4 is 23.7 Å². The lowest BCUT2D eigenvalue weighted by molar-refractivity contribution is -0.149. The number of likely N-dealkylation sites (tertiary alicyclic amines) is 1. The summed E-state index contributed by atoms with van der Waals surface area (Å²) in [6.45, 7) is 0.000725. The lowest BCUT2D eigenvalue weighted by Gasteiger charge is -2.27. The molecule has 1 aliphatic heterocycles. The maximum atomic E-state index is 12.7. The van der Waals surface area contributed by atoms with Crippen molar-refractivity contribution in [3.8, 4) is 0 Å². The number of guanidine groups is 1. The molecule has 0 aromatic carbocycles. The number of hydrogen-bond acceptors (Lipinski definition) is 6. The number of aliphatic hydroxyl groups excluding tert-OH is 1. The Morgan fingerprint density at radius 3 is 2.56 bits per heavy atom. The first-order valence-corrected chi connectivity index (χ1v) is 8.03. The van der Waals surface area contributed by atoms with E-state index >= 15 is 0 Å². The number of carbonyl (C=O) groups is 3. The van der Waals surface area contributed by atoms with Crippen molar-refractivity contribution in [2.45, 2.75) is 43.8 Å². The van der Waals surface area contributed by atoms with Crippen molar-refractivity contribution in [3.05, 3.63) is 0 Å². The normalized spacial score (nSPS) is 19.1. The summed E-state index contributed by atoms with van der Waals surface area (Å²) in [6.07, 6.45) is 1.55. The lowest BCUT2D eigenvalue weighted by Crippen LogP contribution is -2.55. The summed E-state index contributed by atoms with van der Waals surface area (Å²) in [4.78, 5) is 40.9. The van der Waals surface area contributed by atoms with E-state index in [1.54, 1.807) is 0 Å². The van der Waals surface area contributed by atoms with Gasteiger partial charge in [0.05, 0.1) is 6.61 Å². The molecule has 1 heterocycles. The number of aliphatic hydroxyl groups is 1. The summed E-state index contributed by atoms with van der Waals surface area (Å²) in [5.74, 6) is -2.34. The first-order valence-electron chi connectivity index (χ1n) is 8.03. The fraction of sp³-hybridized carbons (Fsp3) is 0.714. The Labute approximate surface area is 145 Å². The lowest BCUT2D eigenvalue weighted by atomic mass is 10.1. The quantitative estimate of drug-likeness (QED) is 0.142. The van der Waals surface area contributed by atoms with Gasteiger partial charge in [0.25, 0.3) is 0 Å². The second-order valence-electron chi connectivity index (χ2n) is 5.83. The van der Waals surface area contributed by atoms with Crippen LogP contribution in [0, 0.1) is 0 Å². The molecule has 0 aromatic heterocycles. The molecule has 0 aromatic rings. The Morgan fingerprint density at radius 1 is 1.32 bits per heavy atom. The molecular formula is C14H26N6O5. The van der Waals surface area contributed by atoms with Gasteiger partial charge in [-0.3, -0.25) is 14.6 Å². The van der Waals surface area contributed by atoms with Crippen LogP contribution in [0.2, 0.25) is 0 Å². The molecular weight excluding hydrogens is 332 g/mol. The molecule has 0 bridgehead atoms. The molecule has 0 spiro atoms. The van der Waals surface area contributed by atoms with Crippen molar-refractivity contribution in [2.75, 3.05) is 19.7 Å². The summed E-state index contributed by atoms with van der Waals surface area (Å²) < 4.78 is 0. The fourth-order valence-electron chi connectivity index (χ4n) is 2.61. The Balaban J connectivity index is 2.80. The van der Waals surface area contributed by atoms with E-state index in [2.05, 4.69) is 10.3 Å². The average Bonchev–Trinajstić information content (AvgIpc) is 3.05. The van der Waals surface area contributed by atoms with Gasteiger partial charge in [-0.15, -0.1) is 0 Å². The van der Waals surface area contributed by atoms with Crippen molar-refractivity contribution in [2.24, 2.45) is 22.2 Å². The molecule has 1 saturated heterocycles. The van der Waals surface area contributed by atoms with E-state index < -0.39 is 42.5 Å². The smallest absolute Gasteiger partial charge is 0.326 e. The molecule has 142 valence electrons. The minimum atomic E-state index is -1.16. The highest BCUT2D eigenvalue weighted by atomic mass is 16.4. The van der Waals surface area contributed by atoms with Gasteiger partial charge >= 0.3 is 5.97 Å². The number of aliphatic carboxylic acids is 1. The molecule has 0 radical (unpaired) electrons.